The molecular weight excluding hydrogens is 300 g/mol. The number of fused-ring (bicyclic) bond motifs is 1. The summed E-state index contributed by atoms with van der Waals surface area (Å²) in [6.45, 7) is 4.55. The fourth-order valence-corrected chi connectivity index (χ4v) is 2.41. The molecule has 0 aliphatic carbocycles. The molecule has 1 heterocycles. The van der Waals surface area contributed by atoms with Gasteiger partial charge in [-0.1, -0.05) is 30.3 Å². The number of anilines is 1. The Labute approximate surface area is 141 Å². The largest absolute Gasteiger partial charge is 0.374 e. The van der Waals surface area contributed by atoms with E-state index < -0.39 is 0 Å². The highest BCUT2D eigenvalue weighted by atomic mass is 16.5. The molecule has 0 unspecified atom stereocenters. The Morgan fingerprint density at radius 1 is 1.08 bits per heavy atom. The fourth-order valence-electron chi connectivity index (χ4n) is 2.41. The van der Waals surface area contributed by atoms with Crippen molar-refractivity contribution < 1.29 is 9.53 Å². The van der Waals surface area contributed by atoms with Gasteiger partial charge in [-0.05, 0) is 43.7 Å². The van der Waals surface area contributed by atoms with E-state index in [2.05, 4.69) is 10.3 Å². The molecule has 0 saturated heterocycles. The highest BCUT2D eigenvalue weighted by Gasteiger charge is 2.09. The summed E-state index contributed by atoms with van der Waals surface area (Å²) in [5.74, 6) is -0.149. The van der Waals surface area contributed by atoms with Crippen LogP contribution in [-0.2, 0) is 11.3 Å². The van der Waals surface area contributed by atoms with E-state index in [4.69, 9.17) is 4.74 Å². The Balaban J connectivity index is 1.74. The molecule has 0 bridgehead atoms. The second-order valence-electron chi connectivity index (χ2n) is 5.89. The molecular formula is C20H20N2O2. The van der Waals surface area contributed by atoms with E-state index in [-0.39, 0.29) is 12.0 Å². The molecule has 24 heavy (non-hydrogen) atoms. The molecule has 1 N–H and O–H groups in total. The summed E-state index contributed by atoms with van der Waals surface area (Å²) in [7, 11) is 0. The number of pyridine rings is 1. The van der Waals surface area contributed by atoms with Crippen molar-refractivity contribution in [2.75, 3.05) is 5.32 Å². The molecule has 4 heteroatoms. The summed E-state index contributed by atoms with van der Waals surface area (Å²) in [5, 5.41) is 3.93. The van der Waals surface area contributed by atoms with E-state index in [1.807, 2.05) is 68.4 Å². The van der Waals surface area contributed by atoms with Crippen LogP contribution in [0, 0.1) is 0 Å². The van der Waals surface area contributed by atoms with Crippen molar-refractivity contribution in [3.05, 3.63) is 71.9 Å². The smallest absolute Gasteiger partial charge is 0.255 e. The van der Waals surface area contributed by atoms with Gasteiger partial charge in [-0.15, -0.1) is 0 Å². The van der Waals surface area contributed by atoms with Crippen LogP contribution >= 0.6 is 0 Å². The summed E-state index contributed by atoms with van der Waals surface area (Å²) in [4.78, 5) is 16.8. The van der Waals surface area contributed by atoms with E-state index in [0.717, 1.165) is 16.5 Å². The van der Waals surface area contributed by atoms with Gasteiger partial charge in [-0.25, -0.2) is 0 Å². The molecule has 122 valence electrons. The van der Waals surface area contributed by atoms with E-state index in [1.54, 1.807) is 6.20 Å². The third-order valence-electron chi connectivity index (χ3n) is 3.68. The lowest BCUT2D eigenvalue weighted by molar-refractivity contribution is 0.0657. The minimum atomic E-state index is -0.149. The van der Waals surface area contributed by atoms with Crippen LogP contribution in [0.4, 0.5) is 5.69 Å². The standard InChI is InChI=1S/C20H20N2O2/c1-14(2)24-13-15-8-10-17(11-9-15)20(23)22-18-7-3-5-16-6-4-12-21-19(16)18/h3-12,14H,13H2,1-2H3,(H,22,23). The minimum absolute atomic E-state index is 0.149. The first-order valence-corrected chi connectivity index (χ1v) is 7.99. The lowest BCUT2D eigenvalue weighted by atomic mass is 10.1. The highest BCUT2D eigenvalue weighted by molar-refractivity contribution is 6.08. The summed E-state index contributed by atoms with van der Waals surface area (Å²) in [6, 6.07) is 17.1. The van der Waals surface area contributed by atoms with Crippen molar-refractivity contribution in [1.82, 2.24) is 4.98 Å². The highest BCUT2D eigenvalue weighted by Crippen LogP contribution is 2.21. The van der Waals surface area contributed by atoms with Crippen molar-refractivity contribution in [1.29, 1.82) is 0 Å². The average molecular weight is 320 g/mol. The molecule has 0 fully saturated rings. The zero-order chi connectivity index (χ0) is 16.9. The molecule has 0 aliphatic rings. The van der Waals surface area contributed by atoms with Gasteiger partial charge in [0.1, 0.15) is 0 Å². The number of rotatable bonds is 5. The molecule has 0 atom stereocenters. The first kappa shape index (κ1) is 16.1. The summed E-state index contributed by atoms with van der Waals surface area (Å²) in [5.41, 5.74) is 3.16. The summed E-state index contributed by atoms with van der Waals surface area (Å²) in [6.07, 6.45) is 1.91. The SMILES string of the molecule is CC(C)OCc1ccc(C(=O)Nc2cccc3cccnc23)cc1. The van der Waals surface area contributed by atoms with Gasteiger partial charge in [0.2, 0.25) is 0 Å². The second-order valence-corrected chi connectivity index (χ2v) is 5.89. The molecule has 2 aromatic carbocycles. The number of hydrogen-bond acceptors (Lipinski definition) is 3. The minimum Gasteiger partial charge on any atom is -0.374 e. The van der Waals surface area contributed by atoms with Gasteiger partial charge >= 0.3 is 0 Å². The zero-order valence-corrected chi connectivity index (χ0v) is 13.8. The molecule has 0 spiro atoms. The maximum Gasteiger partial charge on any atom is 0.255 e. The fraction of sp³-hybridized carbons (Fsp3) is 0.200. The Kier molecular flexibility index (Phi) is 4.87. The number of ether oxygens (including phenoxy) is 1. The maximum atomic E-state index is 12.5. The number of nitrogens with one attached hydrogen (secondary N) is 1. The molecule has 1 amide bonds. The van der Waals surface area contributed by atoms with Crippen molar-refractivity contribution in [3.8, 4) is 0 Å². The first-order valence-electron chi connectivity index (χ1n) is 7.99. The number of benzene rings is 2. The summed E-state index contributed by atoms with van der Waals surface area (Å²) < 4.78 is 5.56. The third kappa shape index (κ3) is 3.78. The van der Waals surface area contributed by atoms with Crippen LogP contribution in [0.3, 0.4) is 0 Å². The van der Waals surface area contributed by atoms with E-state index in [1.165, 1.54) is 0 Å². The maximum absolute atomic E-state index is 12.5. The molecule has 1 aromatic heterocycles. The molecule has 0 aliphatic heterocycles. The first-order chi connectivity index (χ1) is 11.6. The number of aromatic nitrogens is 1. The Morgan fingerprint density at radius 2 is 1.83 bits per heavy atom. The van der Waals surface area contributed by atoms with Crippen LogP contribution in [0.1, 0.15) is 29.8 Å². The zero-order valence-electron chi connectivity index (χ0n) is 13.8. The van der Waals surface area contributed by atoms with Crippen molar-refractivity contribution in [3.63, 3.8) is 0 Å². The van der Waals surface area contributed by atoms with Gasteiger partial charge in [-0.3, -0.25) is 9.78 Å². The second kappa shape index (κ2) is 7.23. The topological polar surface area (TPSA) is 51.2 Å². The van der Waals surface area contributed by atoms with Gasteiger partial charge in [0, 0.05) is 17.1 Å². The van der Waals surface area contributed by atoms with Crippen LogP contribution in [0.5, 0.6) is 0 Å². The molecule has 3 rings (SSSR count). The van der Waals surface area contributed by atoms with Crippen LogP contribution in [0.25, 0.3) is 10.9 Å². The predicted molar refractivity (Wildman–Crippen MR) is 96.1 cm³/mol. The number of hydrogen-bond donors (Lipinski definition) is 1. The molecule has 4 nitrogen and oxygen atoms in total. The van der Waals surface area contributed by atoms with E-state index >= 15 is 0 Å². The van der Waals surface area contributed by atoms with Crippen LogP contribution < -0.4 is 5.32 Å². The van der Waals surface area contributed by atoms with E-state index in [0.29, 0.717) is 17.9 Å². The lowest BCUT2D eigenvalue weighted by Crippen LogP contribution is -2.12. The van der Waals surface area contributed by atoms with Crippen LogP contribution in [0.2, 0.25) is 0 Å². The molecule has 3 aromatic rings. The monoisotopic (exact) mass is 320 g/mol. The van der Waals surface area contributed by atoms with Crippen molar-refractivity contribution in [2.24, 2.45) is 0 Å². The number of carbonyl (C=O) groups excluding carboxylic acids is 1. The van der Waals surface area contributed by atoms with Gasteiger partial charge in [0.05, 0.1) is 23.9 Å². The Morgan fingerprint density at radius 3 is 2.58 bits per heavy atom. The van der Waals surface area contributed by atoms with Gasteiger partial charge in [-0.2, -0.15) is 0 Å². The van der Waals surface area contributed by atoms with Gasteiger partial charge in [0.25, 0.3) is 5.91 Å². The van der Waals surface area contributed by atoms with Crippen molar-refractivity contribution in [2.45, 2.75) is 26.6 Å². The van der Waals surface area contributed by atoms with Gasteiger partial charge < -0.3 is 10.1 Å². The summed E-state index contributed by atoms with van der Waals surface area (Å²) >= 11 is 0. The third-order valence-corrected chi connectivity index (χ3v) is 3.68. The predicted octanol–water partition coefficient (Wildman–Crippen LogP) is 4.41. The molecule has 0 radical (unpaired) electrons. The average Bonchev–Trinajstić information content (AvgIpc) is 2.60. The van der Waals surface area contributed by atoms with Gasteiger partial charge in [0.15, 0.2) is 0 Å². The van der Waals surface area contributed by atoms with E-state index in [9.17, 15) is 4.79 Å². The number of carbonyl (C=O) groups is 1. The molecule has 0 saturated carbocycles. The normalized spacial score (nSPS) is 11.0. The number of para-hydroxylation sites is 1. The van der Waals surface area contributed by atoms with Crippen molar-refractivity contribution >= 4 is 22.5 Å². The number of nitrogens with zero attached hydrogens (tertiary/aromatic N) is 1. The Bertz CT molecular complexity index is 836. The van der Waals surface area contributed by atoms with Crippen LogP contribution in [-0.4, -0.2) is 17.0 Å². The lowest BCUT2D eigenvalue weighted by Gasteiger charge is -2.10. The quantitative estimate of drug-likeness (QED) is 0.757. The Hall–Kier alpha value is -2.72. The number of amides is 1. The van der Waals surface area contributed by atoms with Crippen LogP contribution in [0.15, 0.2) is 60.8 Å².